The fourth-order valence-corrected chi connectivity index (χ4v) is 1.93. The van der Waals surface area contributed by atoms with Crippen LogP contribution < -0.4 is 0 Å². The largest absolute Gasteiger partial charge is 0.467 e. The lowest BCUT2D eigenvalue weighted by molar-refractivity contribution is 0.465. The first-order chi connectivity index (χ1) is 7.43. The summed E-state index contributed by atoms with van der Waals surface area (Å²) in [5, 5.41) is 0. The van der Waals surface area contributed by atoms with Gasteiger partial charge in [0.15, 0.2) is 0 Å². The third kappa shape index (κ3) is 1.48. The third-order valence-electron chi connectivity index (χ3n) is 2.73. The van der Waals surface area contributed by atoms with Crippen molar-refractivity contribution in [3.63, 3.8) is 0 Å². The van der Waals surface area contributed by atoms with Crippen molar-refractivity contribution in [2.75, 3.05) is 0 Å². The third-order valence-corrected chi connectivity index (χ3v) is 2.73. The predicted octanol–water partition coefficient (Wildman–Crippen LogP) is 3.00. The Morgan fingerprint density at radius 1 is 1.13 bits per heavy atom. The maximum absolute atomic E-state index is 5.37. The molecule has 0 saturated heterocycles. The van der Waals surface area contributed by atoms with Crippen LogP contribution in [0.5, 0.6) is 0 Å². The number of nitrogens with zero attached hydrogens (tertiary/aromatic N) is 1. The molecule has 1 aromatic carbocycles. The van der Waals surface area contributed by atoms with Crippen LogP contribution in [0.1, 0.15) is 22.9 Å². The summed E-state index contributed by atoms with van der Waals surface area (Å²) in [4.78, 5) is 4.49. The topological polar surface area (TPSA) is 25.5 Å². The van der Waals surface area contributed by atoms with E-state index in [1.807, 2.05) is 24.4 Å². The average Bonchev–Trinajstić information content (AvgIpc) is 2.82. The quantitative estimate of drug-likeness (QED) is 0.690. The molecule has 0 N–H and O–H groups in total. The second kappa shape index (κ2) is 3.39. The zero-order chi connectivity index (χ0) is 10.1. The number of aliphatic imine (C=N–C) groups is 1. The molecule has 1 aromatic heterocycles. The summed E-state index contributed by atoms with van der Waals surface area (Å²) in [7, 11) is 0. The second-order valence-corrected chi connectivity index (χ2v) is 3.71. The number of hydrogen-bond acceptors (Lipinski definition) is 2. The minimum absolute atomic E-state index is 0.148. The van der Waals surface area contributed by atoms with Crippen molar-refractivity contribution >= 4 is 6.21 Å². The maximum atomic E-state index is 5.37. The molecule has 0 spiro atoms. The Morgan fingerprint density at radius 2 is 2.07 bits per heavy atom. The Kier molecular flexibility index (Phi) is 1.91. The van der Waals surface area contributed by atoms with Gasteiger partial charge in [0.1, 0.15) is 11.8 Å². The lowest BCUT2D eigenvalue weighted by Gasteiger charge is -2.16. The molecule has 74 valence electrons. The van der Waals surface area contributed by atoms with E-state index in [9.17, 15) is 0 Å². The van der Waals surface area contributed by atoms with Gasteiger partial charge in [0.2, 0.25) is 0 Å². The van der Waals surface area contributed by atoms with Crippen molar-refractivity contribution < 1.29 is 4.42 Å². The molecule has 1 aliphatic rings. The fourth-order valence-electron chi connectivity index (χ4n) is 1.93. The highest BCUT2D eigenvalue weighted by Crippen LogP contribution is 2.27. The molecule has 3 rings (SSSR count). The van der Waals surface area contributed by atoms with E-state index in [2.05, 4.69) is 23.2 Å². The first-order valence-electron chi connectivity index (χ1n) is 5.08. The van der Waals surface area contributed by atoms with Crippen molar-refractivity contribution in [1.82, 2.24) is 0 Å². The Bertz CT molecular complexity index is 485. The molecule has 0 unspecified atom stereocenters. The molecule has 0 fully saturated rings. The standard InChI is InChI=1S/C13H11NO/c1-2-5-11-9-14-12(8-10(11)4-1)13-6-3-7-15-13/h1-7,9,12H,8H2/t12-/m0/s1. The Hall–Kier alpha value is -1.83. The van der Waals surface area contributed by atoms with Gasteiger partial charge in [-0.1, -0.05) is 24.3 Å². The van der Waals surface area contributed by atoms with Gasteiger partial charge in [0.05, 0.1) is 6.26 Å². The molecule has 2 heteroatoms. The van der Waals surface area contributed by atoms with Gasteiger partial charge < -0.3 is 4.42 Å². The molecular formula is C13H11NO. The molecule has 2 nitrogen and oxygen atoms in total. The van der Waals surface area contributed by atoms with Crippen LogP contribution in [-0.4, -0.2) is 6.21 Å². The Labute approximate surface area is 88.3 Å². The van der Waals surface area contributed by atoms with E-state index in [-0.39, 0.29) is 6.04 Å². The van der Waals surface area contributed by atoms with E-state index in [0.717, 1.165) is 12.2 Å². The molecule has 1 aliphatic heterocycles. The Morgan fingerprint density at radius 3 is 2.93 bits per heavy atom. The van der Waals surface area contributed by atoms with Crippen molar-refractivity contribution in [1.29, 1.82) is 0 Å². The van der Waals surface area contributed by atoms with Gasteiger partial charge in [-0.25, -0.2) is 0 Å². The molecule has 2 aromatic rings. The number of rotatable bonds is 1. The zero-order valence-electron chi connectivity index (χ0n) is 8.26. The zero-order valence-corrected chi connectivity index (χ0v) is 8.26. The number of hydrogen-bond donors (Lipinski definition) is 0. The van der Waals surface area contributed by atoms with Gasteiger partial charge in [-0.2, -0.15) is 0 Å². The van der Waals surface area contributed by atoms with Gasteiger partial charge in [-0.3, -0.25) is 4.99 Å². The molecule has 15 heavy (non-hydrogen) atoms. The van der Waals surface area contributed by atoms with Gasteiger partial charge in [-0.15, -0.1) is 0 Å². The summed E-state index contributed by atoms with van der Waals surface area (Å²) < 4.78 is 5.37. The van der Waals surface area contributed by atoms with Crippen LogP contribution in [0.2, 0.25) is 0 Å². The molecule has 1 atom stereocenters. The van der Waals surface area contributed by atoms with Crippen LogP contribution >= 0.6 is 0 Å². The molecule has 0 radical (unpaired) electrons. The average molecular weight is 197 g/mol. The molecule has 0 amide bonds. The fraction of sp³-hybridized carbons (Fsp3) is 0.154. The monoisotopic (exact) mass is 197 g/mol. The molecule has 0 bridgehead atoms. The van der Waals surface area contributed by atoms with Gasteiger partial charge >= 0.3 is 0 Å². The van der Waals surface area contributed by atoms with Crippen LogP contribution in [0.4, 0.5) is 0 Å². The molecule has 0 saturated carbocycles. The van der Waals surface area contributed by atoms with E-state index in [1.165, 1.54) is 11.1 Å². The summed E-state index contributed by atoms with van der Waals surface area (Å²) in [5.74, 6) is 0.945. The molecule has 0 aliphatic carbocycles. The first kappa shape index (κ1) is 8.48. The summed E-state index contributed by atoms with van der Waals surface area (Å²) in [5.41, 5.74) is 2.56. The van der Waals surface area contributed by atoms with Gasteiger partial charge in [-0.05, 0) is 23.3 Å². The summed E-state index contributed by atoms with van der Waals surface area (Å²) >= 11 is 0. The predicted molar refractivity (Wildman–Crippen MR) is 59.2 cm³/mol. The molecule has 2 heterocycles. The second-order valence-electron chi connectivity index (χ2n) is 3.71. The van der Waals surface area contributed by atoms with Crippen LogP contribution in [0.25, 0.3) is 0 Å². The van der Waals surface area contributed by atoms with Crippen LogP contribution in [0.15, 0.2) is 52.1 Å². The lowest BCUT2D eigenvalue weighted by atomic mass is 9.97. The highest BCUT2D eigenvalue weighted by atomic mass is 16.3. The van der Waals surface area contributed by atoms with Crippen molar-refractivity contribution in [3.8, 4) is 0 Å². The minimum Gasteiger partial charge on any atom is -0.467 e. The highest BCUT2D eigenvalue weighted by Gasteiger charge is 2.17. The van der Waals surface area contributed by atoms with Crippen molar-refractivity contribution in [2.24, 2.45) is 4.99 Å². The highest BCUT2D eigenvalue weighted by molar-refractivity contribution is 5.83. The SMILES string of the molecule is C1=N[C@H](c2ccco2)Cc2ccccc21. The van der Waals surface area contributed by atoms with E-state index in [0.29, 0.717) is 0 Å². The summed E-state index contributed by atoms with van der Waals surface area (Å²) in [6.07, 6.45) is 4.57. The van der Waals surface area contributed by atoms with E-state index < -0.39 is 0 Å². The van der Waals surface area contributed by atoms with Gasteiger partial charge in [0.25, 0.3) is 0 Å². The van der Waals surface area contributed by atoms with E-state index in [4.69, 9.17) is 4.42 Å². The smallest absolute Gasteiger partial charge is 0.128 e. The Balaban J connectivity index is 1.96. The number of benzene rings is 1. The van der Waals surface area contributed by atoms with Gasteiger partial charge in [0, 0.05) is 12.6 Å². The summed E-state index contributed by atoms with van der Waals surface area (Å²) in [6.45, 7) is 0. The number of furan rings is 1. The van der Waals surface area contributed by atoms with Crippen LogP contribution in [0.3, 0.4) is 0 Å². The van der Waals surface area contributed by atoms with E-state index in [1.54, 1.807) is 6.26 Å². The normalized spacial score (nSPS) is 18.8. The van der Waals surface area contributed by atoms with E-state index >= 15 is 0 Å². The minimum atomic E-state index is 0.148. The van der Waals surface area contributed by atoms with Crippen LogP contribution in [-0.2, 0) is 6.42 Å². The molecular weight excluding hydrogens is 186 g/mol. The van der Waals surface area contributed by atoms with Crippen LogP contribution in [0, 0.1) is 0 Å². The lowest BCUT2D eigenvalue weighted by Crippen LogP contribution is -2.07. The first-order valence-corrected chi connectivity index (χ1v) is 5.08. The number of fused-ring (bicyclic) bond motifs is 1. The van der Waals surface area contributed by atoms with Crippen molar-refractivity contribution in [2.45, 2.75) is 12.5 Å². The van der Waals surface area contributed by atoms with Crippen molar-refractivity contribution in [3.05, 3.63) is 59.5 Å². The summed E-state index contributed by atoms with van der Waals surface area (Å²) in [6, 6.07) is 12.4. The maximum Gasteiger partial charge on any atom is 0.128 e.